The van der Waals surface area contributed by atoms with Crippen molar-refractivity contribution < 1.29 is 13.9 Å². The molecule has 2 saturated heterocycles. The van der Waals surface area contributed by atoms with Gasteiger partial charge in [0, 0.05) is 38.2 Å². The van der Waals surface area contributed by atoms with E-state index in [1.54, 1.807) is 19.2 Å². The fourth-order valence-corrected chi connectivity index (χ4v) is 3.31. The Kier molecular flexibility index (Phi) is 5.00. The zero-order chi connectivity index (χ0) is 16.1. The van der Waals surface area contributed by atoms with Crippen molar-refractivity contribution in [2.75, 3.05) is 46.5 Å². The van der Waals surface area contributed by atoms with Crippen molar-refractivity contribution >= 4 is 5.96 Å². The average Bonchev–Trinajstić information content (AvgIpc) is 3.18. The van der Waals surface area contributed by atoms with Gasteiger partial charge in [0.1, 0.15) is 18.2 Å². The summed E-state index contributed by atoms with van der Waals surface area (Å²) < 4.78 is 24.2. The van der Waals surface area contributed by atoms with Gasteiger partial charge in [0.05, 0.1) is 13.2 Å². The van der Waals surface area contributed by atoms with Crippen LogP contribution in [-0.4, -0.2) is 57.4 Å². The summed E-state index contributed by atoms with van der Waals surface area (Å²) in [7, 11) is 1.80. The van der Waals surface area contributed by atoms with Crippen molar-refractivity contribution in [1.29, 1.82) is 0 Å². The molecular weight excluding hydrogens is 297 g/mol. The Morgan fingerprint density at radius 3 is 3.13 bits per heavy atom. The van der Waals surface area contributed by atoms with E-state index in [0.29, 0.717) is 24.3 Å². The van der Waals surface area contributed by atoms with Gasteiger partial charge in [-0.3, -0.25) is 4.99 Å². The van der Waals surface area contributed by atoms with Crippen LogP contribution >= 0.6 is 0 Å². The van der Waals surface area contributed by atoms with Crippen molar-refractivity contribution in [3.05, 3.63) is 30.1 Å². The largest absolute Gasteiger partial charge is 0.492 e. The highest BCUT2D eigenvalue weighted by Gasteiger charge is 2.42. The number of nitrogens with one attached hydrogen (secondary N) is 1. The summed E-state index contributed by atoms with van der Waals surface area (Å²) in [6.45, 7) is 4.84. The first-order chi connectivity index (χ1) is 11.2. The van der Waals surface area contributed by atoms with E-state index in [-0.39, 0.29) is 5.82 Å². The van der Waals surface area contributed by atoms with Crippen LogP contribution in [-0.2, 0) is 4.74 Å². The maximum Gasteiger partial charge on any atom is 0.193 e. The van der Waals surface area contributed by atoms with Crippen molar-refractivity contribution in [3.63, 3.8) is 0 Å². The lowest BCUT2D eigenvalue weighted by molar-refractivity contribution is 0.156. The van der Waals surface area contributed by atoms with E-state index in [0.717, 1.165) is 45.1 Å². The van der Waals surface area contributed by atoms with Crippen molar-refractivity contribution in [2.24, 2.45) is 10.4 Å². The van der Waals surface area contributed by atoms with E-state index >= 15 is 0 Å². The zero-order valence-corrected chi connectivity index (χ0v) is 13.6. The lowest BCUT2D eigenvalue weighted by Crippen LogP contribution is -2.42. The number of benzene rings is 1. The molecule has 0 radical (unpaired) electrons. The molecule has 2 aliphatic rings. The van der Waals surface area contributed by atoms with Crippen molar-refractivity contribution in [3.8, 4) is 5.75 Å². The lowest BCUT2D eigenvalue weighted by Gasteiger charge is -2.24. The van der Waals surface area contributed by atoms with Crippen molar-refractivity contribution in [1.82, 2.24) is 10.2 Å². The Hall–Kier alpha value is -1.82. The third-order valence-corrected chi connectivity index (χ3v) is 4.58. The molecule has 0 bridgehead atoms. The summed E-state index contributed by atoms with van der Waals surface area (Å²) in [6, 6.07) is 6.19. The molecule has 1 aromatic rings. The predicted octanol–water partition coefficient (Wildman–Crippen LogP) is 1.89. The van der Waals surface area contributed by atoms with Gasteiger partial charge in [0.2, 0.25) is 0 Å². The summed E-state index contributed by atoms with van der Waals surface area (Å²) in [6.07, 6.45) is 2.30. The maximum atomic E-state index is 13.1. The predicted molar refractivity (Wildman–Crippen MR) is 87.3 cm³/mol. The second-order valence-electron chi connectivity index (χ2n) is 6.25. The summed E-state index contributed by atoms with van der Waals surface area (Å²) >= 11 is 0. The Balaban J connectivity index is 1.43. The molecule has 2 fully saturated rings. The molecule has 1 aromatic carbocycles. The van der Waals surface area contributed by atoms with Gasteiger partial charge in [-0.25, -0.2) is 4.39 Å². The molecule has 126 valence electrons. The average molecular weight is 321 g/mol. The molecule has 2 aliphatic heterocycles. The molecule has 2 heterocycles. The molecule has 6 heteroatoms. The number of halogens is 1. The van der Waals surface area contributed by atoms with Gasteiger partial charge >= 0.3 is 0 Å². The molecule has 0 aromatic heterocycles. The molecule has 23 heavy (non-hydrogen) atoms. The van der Waals surface area contributed by atoms with Crippen LogP contribution < -0.4 is 10.1 Å². The first kappa shape index (κ1) is 16.1. The third-order valence-electron chi connectivity index (χ3n) is 4.58. The van der Waals surface area contributed by atoms with Gasteiger partial charge in [0.25, 0.3) is 0 Å². The van der Waals surface area contributed by atoms with Crippen LogP contribution in [0, 0.1) is 11.2 Å². The number of hydrogen-bond donors (Lipinski definition) is 1. The Morgan fingerprint density at radius 1 is 1.48 bits per heavy atom. The van der Waals surface area contributed by atoms with Gasteiger partial charge in [-0.15, -0.1) is 0 Å². The van der Waals surface area contributed by atoms with Crippen LogP contribution in [0.2, 0.25) is 0 Å². The van der Waals surface area contributed by atoms with Gasteiger partial charge in [-0.2, -0.15) is 0 Å². The summed E-state index contributed by atoms with van der Waals surface area (Å²) in [5, 5.41) is 3.32. The molecule has 5 nitrogen and oxygen atoms in total. The topological polar surface area (TPSA) is 46.1 Å². The number of guanidine groups is 1. The van der Waals surface area contributed by atoms with Gasteiger partial charge in [0.15, 0.2) is 5.96 Å². The minimum atomic E-state index is -0.285. The highest BCUT2D eigenvalue weighted by Crippen LogP contribution is 2.38. The third kappa shape index (κ3) is 3.93. The minimum Gasteiger partial charge on any atom is -0.492 e. The standard InChI is InChI=1S/C17H24FN3O2/c1-19-16(21-8-5-17(12-21)6-9-22-13-17)20-7-10-23-15-4-2-3-14(18)11-15/h2-4,11H,5-10,12-13H2,1H3,(H,19,20). The van der Waals surface area contributed by atoms with E-state index in [1.165, 1.54) is 12.1 Å². The normalized spacial score (nSPS) is 24.4. The molecule has 1 N–H and O–H groups in total. The highest BCUT2D eigenvalue weighted by atomic mass is 19.1. The lowest BCUT2D eigenvalue weighted by atomic mass is 9.87. The van der Waals surface area contributed by atoms with E-state index in [2.05, 4.69) is 15.2 Å². The van der Waals surface area contributed by atoms with E-state index in [1.807, 2.05) is 0 Å². The number of hydrogen-bond acceptors (Lipinski definition) is 3. The fraction of sp³-hybridized carbons (Fsp3) is 0.588. The second-order valence-corrected chi connectivity index (χ2v) is 6.25. The smallest absolute Gasteiger partial charge is 0.193 e. The first-order valence-corrected chi connectivity index (χ1v) is 8.13. The SMILES string of the molecule is CN=C(NCCOc1cccc(F)c1)N1CCC2(CCOC2)C1. The number of likely N-dealkylation sites (tertiary alicyclic amines) is 1. The molecule has 0 aliphatic carbocycles. The van der Waals surface area contributed by atoms with Crippen LogP contribution in [0.25, 0.3) is 0 Å². The van der Waals surface area contributed by atoms with E-state index in [9.17, 15) is 4.39 Å². The van der Waals surface area contributed by atoms with Gasteiger partial charge in [-0.05, 0) is 25.0 Å². The van der Waals surface area contributed by atoms with Gasteiger partial charge < -0.3 is 19.7 Å². The molecule has 0 saturated carbocycles. The second kappa shape index (κ2) is 7.17. The minimum absolute atomic E-state index is 0.285. The van der Waals surface area contributed by atoms with Crippen LogP contribution in [0.15, 0.2) is 29.3 Å². The van der Waals surface area contributed by atoms with Crippen LogP contribution in [0.3, 0.4) is 0 Å². The summed E-state index contributed by atoms with van der Waals surface area (Å²) in [5.41, 5.74) is 0.315. The Morgan fingerprint density at radius 2 is 2.39 bits per heavy atom. The molecule has 3 rings (SSSR count). The van der Waals surface area contributed by atoms with Gasteiger partial charge in [-0.1, -0.05) is 6.07 Å². The summed E-state index contributed by atoms with van der Waals surface area (Å²) in [4.78, 5) is 6.65. The van der Waals surface area contributed by atoms with Crippen LogP contribution in [0.1, 0.15) is 12.8 Å². The van der Waals surface area contributed by atoms with Crippen LogP contribution in [0.4, 0.5) is 4.39 Å². The fourth-order valence-electron chi connectivity index (χ4n) is 3.31. The molecule has 0 amide bonds. The number of rotatable bonds is 4. The number of nitrogens with zero attached hydrogens (tertiary/aromatic N) is 2. The van der Waals surface area contributed by atoms with E-state index < -0.39 is 0 Å². The Labute approximate surface area is 136 Å². The molecule has 1 spiro atoms. The monoisotopic (exact) mass is 321 g/mol. The zero-order valence-electron chi connectivity index (χ0n) is 13.6. The Bertz CT molecular complexity index is 559. The highest BCUT2D eigenvalue weighted by molar-refractivity contribution is 5.80. The van der Waals surface area contributed by atoms with E-state index in [4.69, 9.17) is 9.47 Å². The first-order valence-electron chi connectivity index (χ1n) is 8.13. The molecule has 1 atom stereocenters. The van der Waals surface area contributed by atoms with Crippen molar-refractivity contribution in [2.45, 2.75) is 12.8 Å². The number of aliphatic imine (C=N–C) groups is 1. The maximum absolute atomic E-state index is 13.1. The van der Waals surface area contributed by atoms with Crippen LogP contribution in [0.5, 0.6) is 5.75 Å². The molecule has 1 unspecified atom stereocenters. The number of ether oxygens (including phenoxy) is 2. The summed E-state index contributed by atoms with van der Waals surface area (Å²) in [5.74, 6) is 1.16. The quantitative estimate of drug-likeness (QED) is 0.523. The molecular formula is C17H24FN3O2.